The van der Waals surface area contributed by atoms with E-state index in [0.29, 0.717) is 16.9 Å². The molecule has 1 aliphatic rings. The van der Waals surface area contributed by atoms with Gasteiger partial charge < -0.3 is 20.7 Å². The predicted molar refractivity (Wildman–Crippen MR) is 107 cm³/mol. The average molecular weight is 403 g/mol. The zero-order chi connectivity index (χ0) is 20.3. The van der Waals surface area contributed by atoms with Crippen LogP contribution in [-0.2, 0) is 4.79 Å². The van der Waals surface area contributed by atoms with Crippen molar-refractivity contribution in [2.45, 2.75) is 19.6 Å². The number of alkyl halides is 2. The molecule has 5 nitrogen and oxygen atoms in total. The fraction of sp³-hybridized carbons (Fsp3) is 0.200. The number of hydrogen-bond acceptors (Lipinski definition) is 3. The monoisotopic (exact) mass is 403 g/mol. The summed E-state index contributed by atoms with van der Waals surface area (Å²) in [4.78, 5) is 13.0. The summed E-state index contributed by atoms with van der Waals surface area (Å²) in [7, 11) is 0. The van der Waals surface area contributed by atoms with Gasteiger partial charge in [-0.15, -0.1) is 0 Å². The molecule has 0 bridgehead atoms. The van der Waals surface area contributed by atoms with E-state index < -0.39 is 18.6 Å². The summed E-state index contributed by atoms with van der Waals surface area (Å²) in [6.07, 6.45) is 0. The smallest absolute Gasteiger partial charge is 0.387 e. The third kappa shape index (κ3) is 4.45. The lowest BCUT2D eigenvalue weighted by molar-refractivity contribution is -0.119. The summed E-state index contributed by atoms with van der Waals surface area (Å²) in [5, 5.41) is 8.90. The van der Waals surface area contributed by atoms with E-state index in [2.05, 4.69) is 27.3 Å². The van der Waals surface area contributed by atoms with E-state index in [-0.39, 0.29) is 16.8 Å². The molecule has 0 saturated carbocycles. The van der Waals surface area contributed by atoms with E-state index in [0.717, 1.165) is 5.56 Å². The van der Waals surface area contributed by atoms with Crippen molar-refractivity contribution in [3.8, 4) is 5.75 Å². The Hall–Kier alpha value is -3.00. The summed E-state index contributed by atoms with van der Waals surface area (Å²) in [6.45, 7) is 2.86. The van der Waals surface area contributed by atoms with Gasteiger partial charge >= 0.3 is 6.61 Å². The van der Waals surface area contributed by atoms with Gasteiger partial charge in [0.2, 0.25) is 5.91 Å². The van der Waals surface area contributed by atoms with E-state index in [9.17, 15) is 13.6 Å². The number of nitrogens with one attached hydrogen (secondary N) is 3. The van der Waals surface area contributed by atoms with Crippen LogP contribution in [0.25, 0.3) is 0 Å². The maximum atomic E-state index is 13.0. The topological polar surface area (TPSA) is 62.4 Å². The van der Waals surface area contributed by atoms with Crippen LogP contribution in [0.3, 0.4) is 0 Å². The second-order valence-corrected chi connectivity index (χ2v) is 6.76. The summed E-state index contributed by atoms with van der Waals surface area (Å²) in [5.41, 5.74) is 2.43. The highest BCUT2D eigenvalue weighted by Gasteiger charge is 2.38. The maximum absolute atomic E-state index is 13.0. The van der Waals surface area contributed by atoms with Gasteiger partial charge in [0.1, 0.15) is 11.7 Å². The first-order valence-electron chi connectivity index (χ1n) is 8.52. The van der Waals surface area contributed by atoms with Gasteiger partial charge in [-0.1, -0.05) is 42.5 Å². The van der Waals surface area contributed by atoms with Crippen molar-refractivity contribution in [1.29, 1.82) is 0 Å². The van der Waals surface area contributed by atoms with Gasteiger partial charge in [-0.05, 0) is 37.3 Å². The number of rotatable bonds is 5. The van der Waals surface area contributed by atoms with Crippen LogP contribution in [0.2, 0.25) is 0 Å². The number of amides is 1. The van der Waals surface area contributed by atoms with Gasteiger partial charge in [0.05, 0.1) is 6.04 Å². The van der Waals surface area contributed by atoms with Crippen LogP contribution >= 0.6 is 12.2 Å². The molecule has 2 atom stereocenters. The van der Waals surface area contributed by atoms with Crippen LogP contribution in [0, 0.1) is 12.8 Å². The van der Waals surface area contributed by atoms with Crippen LogP contribution < -0.4 is 20.7 Å². The molecule has 0 aromatic heterocycles. The third-order valence-electron chi connectivity index (χ3n) is 4.34. The number of hydrogen-bond donors (Lipinski definition) is 3. The van der Waals surface area contributed by atoms with Gasteiger partial charge in [0.15, 0.2) is 5.11 Å². The Morgan fingerprint density at radius 1 is 1.21 bits per heavy atom. The van der Waals surface area contributed by atoms with Crippen molar-refractivity contribution in [2.24, 2.45) is 5.92 Å². The SMILES string of the molecule is C=C1NC(=S)N[C@@H](c2ccccc2OC(F)F)[C@@H]1C(=O)Nc1ccc(C)cc1. The van der Waals surface area contributed by atoms with E-state index >= 15 is 0 Å². The molecule has 2 aromatic rings. The molecule has 1 aliphatic heterocycles. The second kappa shape index (κ2) is 8.35. The first-order valence-corrected chi connectivity index (χ1v) is 8.93. The van der Waals surface area contributed by atoms with Crippen molar-refractivity contribution in [3.05, 3.63) is 71.9 Å². The fourth-order valence-corrected chi connectivity index (χ4v) is 3.31. The Morgan fingerprint density at radius 2 is 1.89 bits per heavy atom. The molecule has 146 valence electrons. The lowest BCUT2D eigenvalue weighted by Gasteiger charge is -2.36. The average Bonchev–Trinajstić information content (AvgIpc) is 2.63. The molecule has 28 heavy (non-hydrogen) atoms. The molecular weight excluding hydrogens is 384 g/mol. The van der Waals surface area contributed by atoms with Gasteiger partial charge in [0, 0.05) is 16.9 Å². The summed E-state index contributed by atoms with van der Waals surface area (Å²) < 4.78 is 30.3. The number of para-hydroxylation sites is 1. The number of carbonyl (C=O) groups excluding carboxylic acids is 1. The van der Waals surface area contributed by atoms with Gasteiger partial charge in [-0.2, -0.15) is 8.78 Å². The molecule has 0 spiro atoms. The summed E-state index contributed by atoms with van der Waals surface area (Å²) in [5.74, 6) is -1.19. The largest absolute Gasteiger partial charge is 0.434 e. The fourth-order valence-electron chi connectivity index (χ4n) is 3.05. The van der Waals surface area contributed by atoms with E-state index in [1.54, 1.807) is 30.3 Å². The maximum Gasteiger partial charge on any atom is 0.387 e. The Kier molecular flexibility index (Phi) is 5.89. The number of anilines is 1. The van der Waals surface area contributed by atoms with Crippen molar-refractivity contribution in [3.63, 3.8) is 0 Å². The molecule has 8 heteroatoms. The molecule has 0 aliphatic carbocycles. The quantitative estimate of drug-likeness (QED) is 0.662. The van der Waals surface area contributed by atoms with Crippen molar-refractivity contribution in [2.75, 3.05) is 5.32 Å². The highest BCUT2D eigenvalue weighted by atomic mass is 32.1. The zero-order valence-electron chi connectivity index (χ0n) is 15.0. The predicted octanol–water partition coefficient (Wildman–Crippen LogP) is 3.88. The molecule has 3 rings (SSSR count). The molecule has 0 radical (unpaired) electrons. The number of thiocarbonyl (C=S) groups is 1. The van der Waals surface area contributed by atoms with E-state index in [1.165, 1.54) is 6.07 Å². The highest BCUT2D eigenvalue weighted by Crippen LogP contribution is 2.36. The first kappa shape index (κ1) is 19.8. The molecule has 0 unspecified atom stereocenters. The first-order chi connectivity index (χ1) is 13.3. The summed E-state index contributed by atoms with van der Waals surface area (Å²) in [6, 6.07) is 12.9. The van der Waals surface area contributed by atoms with Crippen molar-refractivity contribution < 1.29 is 18.3 Å². The molecule has 1 saturated heterocycles. The van der Waals surface area contributed by atoms with Gasteiger partial charge in [-0.3, -0.25) is 4.79 Å². The Morgan fingerprint density at radius 3 is 2.57 bits per heavy atom. The molecule has 2 aromatic carbocycles. The lowest BCUT2D eigenvalue weighted by Crippen LogP contribution is -2.51. The van der Waals surface area contributed by atoms with Crippen molar-refractivity contribution >= 4 is 28.9 Å². The van der Waals surface area contributed by atoms with Crippen LogP contribution in [0.4, 0.5) is 14.5 Å². The highest BCUT2D eigenvalue weighted by molar-refractivity contribution is 7.80. The molecule has 1 heterocycles. The minimum absolute atomic E-state index is 0.0272. The van der Waals surface area contributed by atoms with E-state index in [1.807, 2.05) is 19.1 Å². The Balaban J connectivity index is 1.93. The van der Waals surface area contributed by atoms with Crippen LogP contribution in [-0.4, -0.2) is 17.6 Å². The minimum atomic E-state index is -2.99. The second-order valence-electron chi connectivity index (χ2n) is 6.35. The van der Waals surface area contributed by atoms with Crippen LogP contribution in [0.15, 0.2) is 60.8 Å². The van der Waals surface area contributed by atoms with Crippen molar-refractivity contribution in [1.82, 2.24) is 10.6 Å². The van der Waals surface area contributed by atoms with Gasteiger partial charge in [0.25, 0.3) is 0 Å². The lowest BCUT2D eigenvalue weighted by atomic mass is 9.87. The number of halogens is 2. The molecule has 3 N–H and O–H groups in total. The number of carbonyl (C=O) groups is 1. The standard InChI is InChI=1S/C20H19F2N3O2S/c1-11-7-9-13(10-8-11)24-18(26)16-12(2)23-20(28)25-17(16)14-5-3-4-6-15(14)27-19(21)22/h3-10,16-17,19H,2H2,1H3,(H,24,26)(H2,23,25,28)/t16-,17+/m1/s1. The number of aryl methyl sites for hydroxylation is 1. The third-order valence-corrected chi connectivity index (χ3v) is 4.56. The van der Waals surface area contributed by atoms with Crippen LogP contribution in [0.5, 0.6) is 5.75 Å². The summed E-state index contributed by atoms with van der Waals surface area (Å²) >= 11 is 5.17. The zero-order valence-corrected chi connectivity index (χ0v) is 15.9. The van der Waals surface area contributed by atoms with Gasteiger partial charge in [-0.25, -0.2) is 0 Å². The Labute approximate surface area is 166 Å². The molecule has 1 fully saturated rings. The Bertz CT molecular complexity index is 903. The normalized spacial score (nSPS) is 19.0. The minimum Gasteiger partial charge on any atom is -0.434 e. The van der Waals surface area contributed by atoms with E-state index in [4.69, 9.17) is 12.2 Å². The number of ether oxygens (including phenoxy) is 1. The molecule has 1 amide bonds. The van der Waals surface area contributed by atoms with Crippen LogP contribution in [0.1, 0.15) is 17.2 Å². The molecular formula is C20H19F2N3O2S. The number of benzene rings is 2.